The largest absolute Gasteiger partial charge is 0.472 e. The third-order valence-corrected chi connectivity index (χ3v) is 6.57. The molecule has 188 valence electrons. The molecule has 3 aromatic heterocycles. The minimum atomic E-state index is -4.71. The second-order valence-electron chi connectivity index (χ2n) is 8.47. The molecule has 0 radical (unpaired) electrons. The zero-order chi connectivity index (χ0) is 24.2. The lowest BCUT2D eigenvalue weighted by Crippen LogP contribution is -2.47. The molecule has 2 saturated heterocycles. The summed E-state index contributed by atoms with van der Waals surface area (Å²) in [6.45, 7) is 2.95. The van der Waals surface area contributed by atoms with Gasteiger partial charge in [-0.05, 0) is 31.9 Å². The summed E-state index contributed by atoms with van der Waals surface area (Å²) >= 11 is 6.39. The number of nitrogens with zero attached hydrogens (tertiary/aromatic N) is 4. The van der Waals surface area contributed by atoms with Crippen molar-refractivity contribution in [2.45, 2.75) is 45.5 Å². The van der Waals surface area contributed by atoms with Gasteiger partial charge in [-0.3, -0.25) is 9.20 Å². The first-order chi connectivity index (χ1) is 16.1. The molecule has 2 aliphatic rings. The Balaban J connectivity index is 0.00000289. The number of cyclic esters (lactones) is 1. The molecule has 0 saturated carbocycles. The molecule has 3 aromatic rings. The molecule has 2 amide bonds. The normalized spacial score (nSPS) is 19.2. The molecule has 12 heteroatoms. The molecule has 1 atom stereocenters. The van der Waals surface area contributed by atoms with Crippen LogP contribution in [0.3, 0.4) is 0 Å². The monoisotopic (exact) mass is 512 g/mol. The van der Waals surface area contributed by atoms with Gasteiger partial charge >= 0.3 is 12.3 Å². The Morgan fingerprint density at radius 2 is 1.94 bits per heavy atom. The summed E-state index contributed by atoms with van der Waals surface area (Å²) in [5.74, 6) is -0.553. The van der Waals surface area contributed by atoms with Crippen LogP contribution >= 0.6 is 11.6 Å². The number of imidazole rings is 1. The molecule has 2 aliphatic heterocycles. The number of aromatic nitrogens is 2. The number of hydrogen-bond acceptors (Lipinski definition) is 5. The van der Waals surface area contributed by atoms with Gasteiger partial charge < -0.3 is 19.0 Å². The van der Waals surface area contributed by atoms with Crippen LogP contribution in [0.1, 0.15) is 43.2 Å². The Kier molecular flexibility index (Phi) is 6.48. The quantitative estimate of drug-likeness (QED) is 0.473. The molecule has 0 bridgehead atoms. The molecule has 5 rings (SSSR count). The van der Waals surface area contributed by atoms with Crippen LogP contribution in [-0.2, 0) is 10.9 Å². The fourth-order valence-electron chi connectivity index (χ4n) is 4.51. The molecule has 0 aliphatic carbocycles. The summed E-state index contributed by atoms with van der Waals surface area (Å²) < 4.78 is 52.7. The number of piperidine rings is 1. The summed E-state index contributed by atoms with van der Waals surface area (Å²) in [6.07, 6.45) is -0.145. The number of likely N-dealkylation sites (tertiary alicyclic amines) is 1. The number of hydrogen-bond donors (Lipinski definition) is 0. The lowest BCUT2D eigenvalue weighted by atomic mass is 10.0. The summed E-state index contributed by atoms with van der Waals surface area (Å²) in [5.41, 5.74) is -1.05. The number of furan rings is 1. The standard InChI is InChI=1S/C22H20ClF3N4O4.CH4/c1-12-9-29(21(32)34-12)15-2-5-28(6-3-15)20(31)17-18(23)30-10-14(13-4-7-33-11-13)8-16(19(30)27-17)22(24,25)26;/h4,7-8,10-12,15H,2-3,5-6,9H2,1H3;1H4/t12-;/m1./s1. The highest BCUT2D eigenvalue weighted by atomic mass is 35.5. The molecule has 5 heterocycles. The molecule has 0 aromatic carbocycles. The van der Waals surface area contributed by atoms with Crippen molar-refractivity contribution in [2.75, 3.05) is 19.6 Å². The van der Waals surface area contributed by atoms with E-state index in [1.54, 1.807) is 4.90 Å². The Morgan fingerprint density at radius 1 is 1.23 bits per heavy atom. The fourth-order valence-corrected chi connectivity index (χ4v) is 4.76. The van der Waals surface area contributed by atoms with Crippen molar-refractivity contribution in [1.82, 2.24) is 19.2 Å². The van der Waals surface area contributed by atoms with Crippen LogP contribution in [0.4, 0.5) is 18.0 Å². The highest BCUT2D eigenvalue weighted by Gasteiger charge is 2.39. The van der Waals surface area contributed by atoms with E-state index in [9.17, 15) is 22.8 Å². The predicted molar refractivity (Wildman–Crippen MR) is 121 cm³/mol. The van der Waals surface area contributed by atoms with Crippen molar-refractivity contribution in [3.8, 4) is 11.1 Å². The van der Waals surface area contributed by atoms with E-state index in [-0.39, 0.29) is 42.1 Å². The Morgan fingerprint density at radius 3 is 2.51 bits per heavy atom. The lowest BCUT2D eigenvalue weighted by molar-refractivity contribution is -0.136. The molecule has 0 unspecified atom stereocenters. The molecule has 0 N–H and O–H groups in total. The molecular weight excluding hydrogens is 489 g/mol. The maximum absolute atomic E-state index is 13.8. The van der Waals surface area contributed by atoms with Crippen molar-refractivity contribution in [1.29, 1.82) is 0 Å². The van der Waals surface area contributed by atoms with E-state index < -0.39 is 23.3 Å². The second-order valence-corrected chi connectivity index (χ2v) is 8.83. The first-order valence-electron chi connectivity index (χ1n) is 10.7. The van der Waals surface area contributed by atoms with E-state index in [0.29, 0.717) is 38.0 Å². The van der Waals surface area contributed by atoms with E-state index in [4.69, 9.17) is 20.8 Å². The summed E-state index contributed by atoms with van der Waals surface area (Å²) in [4.78, 5) is 32.3. The Bertz CT molecular complexity index is 1250. The number of amides is 2. The zero-order valence-electron chi connectivity index (χ0n) is 18.0. The van der Waals surface area contributed by atoms with Gasteiger partial charge in [0.25, 0.3) is 5.91 Å². The van der Waals surface area contributed by atoms with Gasteiger partial charge in [0, 0.05) is 36.5 Å². The van der Waals surface area contributed by atoms with Crippen molar-refractivity contribution in [2.24, 2.45) is 0 Å². The van der Waals surface area contributed by atoms with Crippen molar-refractivity contribution >= 4 is 29.2 Å². The number of alkyl halides is 3. The molecule has 0 spiro atoms. The van der Waals surface area contributed by atoms with Crippen molar-refractivity contribution < 1.29 is 31.9 Å². The van der Waals surface area contributed by atoms with Gasteiger partial charge in [0.05, 0.1) is 24.6 Å². The number of pyridine rings is 1. The van der Waals surface area contributed by atoms with E-state index in [2.05, 4.69) is 4.98 Å². The third kappa shape index (κ3) is 4.44. The number of carbonyl (C=O) groups excluding carboxylic acids is 2. The van der Waals surface area contributed by atoms with Crippen LogP contribution < -0.4 is 0 Å². The molecular formula is C23H24ClF3N4O4. The summed E-state index contributed by atoms with van der Waals surface area (Å²) in [7, 11) is 0. The molecule has 35 heavy (non-hydrogen) atoms. The number of ether oxygens (including phenoxy) is 1. The number of rotatable bonds is 3. The first kappa shape index (κ1) is 24.9. The topological polar surface area (TPSA) is 80.3 Å². The molecule has 2 fully saturated rings. The van der Waals surface area contributed by atoms with Crippen LogP contribution in [0.2, 0.25) is 5.15 Å². The SMILES string of the molecule is C.C[C@@H]1CN(C2CCN(C(=O)c3nc4c(C(F)(F)F)cc(-c5ccoc5)cn4c3Cl)CC2)C(=O)O1. The minimum absolute atomic E-state index is 0. The van der Waals surface area contributed by atoms with Gasteiger partial charge in [0.15, 0.2) is 11.3 Å². The van der Waals surface area contributed by atoms with Gasteiger partial charge in [-0.25, -0.2) is 9.78 Å². The summed E-state index contributed by atoms with van der Waals surface area (Å²) in [5, 5.41) is -0.199. The van der Waals surface area contributed by atoms with E-state index in [1.165, 1.54) is 29.7 Å². The smallest absolute Gasteiger partial charge is 0.420 e. The number of fused-ring (bicyclic) bond motifs is 1. The Hall–Kier alpha value is -3.21. The average Bonchev–Trinajstić information content (AvgIpc) is 3.52. The molecule has 8 nitrogen and oxygen atoms in total. The lowest BCUT2D eigenvalue weighted by Gasteiger charge is -2.35. The van der Waals surface area contributed by atoms with Gasteiger partial charge in [0.2, 0.25) is 0 Å². The van der Waals surface area contributed by atoms with Crippen molar-refractivity contribution in [3.05, 3.63) is 47.3 Å². The summed E-state index contributed by atoms with van der Waals surface area (Å²) in [6, 6.07) is 2.42. The minimum Gasteiger partial charge on any atom is -0.472 e. The van der Waals surface area contributed by atoms with E-state index >= 15 is 0 Å². The van der Waals surface area contributed by atoms with Crippen LogP contribution in [0.15, 0.2) is 35.3 Å². The van der Waals surface area contributed by atoms with Gasteiger partial charge in [-0.1, -0.05) is 19.0 Å². The van der Waals surface area contributed by atoms with Crippen LogP contribution in [0, 0.1) is 0 Å². The first-order valence-corrected chi connectivity index (χ1v) is 11.1. The van der Waals surface area contributed by atoms with Crippen LogP contribution in [-0.4, -0.2) is 63.0 Å². The van der Waals surface area contributed by atoms with Gasteiger partial charge in [-0.2, -0.15) is 13.2 Å². The van der Waals surface area contributed by atoms with Crippen molar-refractivity contribution in [3.63, 3.8) is 0 Å². The highest BCUT2D eigenvalue weighted by molar-refractivity contribution is 6.33. The highest BCUT2D eigenvalue weighted by Crippen LogP contribution is 2.37. The van der Waals surface area contributed by atoms with Gasteiger partial charge in [-0.15, -0.1) is 0 Å². The van der Waals surface area contributed by atoms with E-state index in [0.717, 1.165) is 10.5 Å². The Labute approximate surface area is 204 Å². The van der Waals surface area contributed by atoms with E-state index in [1.807, 2.05) is 6.92 Å². The zero-order valence-corrected chi connectivity index (χ0v) is 18.8. The third-order valence-electron chi connectivity index (χ3n) is 6.21. The predicted octanol–water partition coefficient (Wildman–Crippen LogP) is 5.35. The van der Waals surface area contributed by atoms with Crippen LogP contribution in [0.5, 0.6) is 0 Å². The second kappa shape index (κ2) is 9.10. The van der Waals surface area contributed by atoms with Crippen LogP contribution in [0.25, 0.3) is 16.8 Å². The maximum Gasteiger partial charge on any atom is 0.420 e. The average molecular weight is 513 g/mol. The van der Waals surface area contributed by atoms with Gasteiger partial charge in [0.1, 0.15) is 11.3 Å². The fraction of sp³-hybridized carbons (Fsp3) is 0.435. The number of carbonyl (C=O) groups is 2. The maximum atomic E-state index is 13.8. The number of halogens is 4.